The average molecular weight is 402 g/mol. The quantitative estimate of drug-likeness (QED) is 0.773. The Bertz CT molecular complexity index is 765. The topological polar surface area (TPSA) is 61.4 Å². The standard InChI is InChI=1S/C21H31N5OS/c1-15(2)26-11-9-18(10-12-26)25(4)14-19-23-24-21(28-19)20(27)22-13-17-7-5-16(3)6-8-17/h5-8,15,18H,9-14H2,1-4H3,(H,22,27). The van der Waals surface area contributed by atoms with Crippen LogP contribution in [-0.2, 0) is 13.1 Å². The minimum atomic E-state index is -0.155. The molecular weight excluding hydrogens is 370 g/mol. The molecule has 1 aliphatic rings. The lowest BCUT2D eigenvalue weighted by Crippen LogP contribution is -2.45. The number of nitrogens with zero attached hydrogens (tertiary/aromatic N) is 4. The first-order valence-electron chi connectivity index (χ1n) is 10.0. The molecule has 3 rings (SSSR count). The molecule has 1 aliphatic heterocycles. The maximum Gasteiger partial charge on any atom is 0.282 e. The zero-order chi connectivity index (χ0) is 20.1. The van der Waals surface area contributed by atoms with Crippen LogP contribution in [0.3, 0.4) is 0 Å². The third-order valence-corrected chi connectivity index (χ3v) is 6.38. The number of hydrogen-bond donors (Lipinski definition) is 1. The van der Waals surface area contributed by atoms with Gasteiger partial charge < -0.3 is 10.2 Å². The lowest BCUT2D eigenvalue weighted by Gasteiger charge is -2.38. The monoisotopic (exact) mass is 401 g/mol. The maximum absolute atomic E-state index is 12.4. The third kappa shape index (κ3) is 5.59. The van der Waals surface area contributed by atoms with E-state index in [9.17, 15) is 4.79 Å². The summed E-state index contributed by atoms with van der Waals surface area (Å²) in [6.07, 6.45) is 2.36. The van der Waals surface area contributed by atoms with Crippen LogP contribution in [0.1, 0.15) is 52.6 Å². The van der Waals surface area contributed by atoms with E-state index in [2.05, 4.69) is 53.1 Å². The zero-order valence-electron chi connectivity index (χ0n) is 17.3. The fourth-order valence-electron chi connectivity index (χ4n) is 3.56. The van der Waals surface area contributed by atoms with Gasteiger partial charge in [0, 0.05) is 18.6 Å². The van der Waals surface area contributed by atoms with Crippen molar-refractivity contribution >= 4 is 17.2 Å². The summed E-state index contributed by atoms with van der Waals surface area (Å²) in [4.78, 5) is 17.3. The largest absolute Gasteiger partial charge is 0.346 e. The second-order valence-electron chi connectivity index (χ2n) is 7.95. The Hall–Kier alpha value is -1.83. The van der Waals surface area contributed by atoms with Crippen molar-refractivity contribution < 1.29 is 4.79 Å². The SMILES string of the molecule is Cc1ccc(CNC(=O)c2nnc(CN(C)C3CCN(C(C)C)CC3)s2)cc1. The van der Waals surface area contributed by atoms with Crippen molar-refractivity contribution in [2.75, 3.05) is 20.1 Å². The van der Waals surface area contributed by atoms with Crippen LogP contribution in [0.4, 0.5) is 0 Å². The molecule has 0 saturated carbocycles. The molecule has 0 bridgehead atoms. The molecule has 1 N–H and O–H groups in total. The van der Waals surface area contributed by atoms with Gasteiger partial charge in [-0.15, -0.1) is 10.2 Å². The van der Waals surface area contributed by atoms with E-state index in [0.29, 0.717) is 23.6 Å². The van der Waals surface area contributed by atoms with Crippen molar-refractivity contribution in [3.63, 3.8) is 0 Å². The Morgan fingerprint density at radius 3 is 2.57 bits per heavy atom. The van der Waals surface area contributed by atoms with E-state index in [4.69, 9.17) is 0 Å². The Morgan fingerprint density at radius 1 is 1.25 bits per heavy atom. The highest BCUT2D eigenvalue weighted by molar-refractivity contribution is 7.13. The molecule has 0 unspecified atom stereocenters. The number of aromatic nitrogens is 2. The van der Waals surface area contributed by atoms with E-state index in [1.807, 2.05) is 24.3 Å². The highest BCUT2D eigenvalue weighted by Gasteiger charge is 2.24. The molecule has 2 heterocycles. The first-order chi connectivity index (χ1) is 13.4. The molecular formula is C21H31N5OS. The summed E-state index contributed by atoms with van der Waals surface area (Å²) in [5.41, 5.74) is 2.29. The minimum absolute atomic E-state index is 0.155. The number of hydrogen-bond acceptors (Lipinski definition) is 6. The normalized spacial score (nSPS) is 16.1. The second-order valence-corrected chi connectivity index (χ2v) is 9.01. The molecule has 2 aromatic rings. The molecule has 6 nitrogen and oxygen atoms in total. The smallest absolute Gasteiger partial charge is 0.282 e. The summed E-state index contributed by atoms with van der Waals surface area (Å²) in [5, 5.41) is 12.6. The summed E-state index contributed by atoms with van der Waals surface area (Å²) >= 11 is 1.39. The molecule has 1 aromatic carbocycles. The zero-order valence-corrected chi connectivity index (χ0v) is 18.1. The highest BCUT2D eigenvalue weighted by Crippen LogP contribution is 2.20. The van der Waals surface area contributed by atoms with E-state index >= 15 is 0 Å². The number of carbonyl (C=O) groups is 1. The minimum Gasteiger partial charge on any atom is -0.346 e. The van der Waals surface area contributed by atoms with Gasteiger partial charge in [-0.05, 0) is 59.3 Å². The first-order valence-corrected chi connectivity index (χ1v) is 10.8. The van der Waals surface area contributed by atoms with E-state index < -0.39 is 0 Å². The summed E-state index contributed by atoms with van der Waals surface area (Å²) in [6, 6.07) is 9.34. The Morgan fingerprint density at radius 2 is 1.93 bits per heavy atom. The number of carbonyl (C=O) groups excluding carboxylic acids is 1. The lowest BCUT2D eigenvalue weighted by molar-refractivity contribution is 0.0949. The molecule has 28 heavy (non-hydrogen) atoms. The maximum atomic E-state index is 12.4. The average Bonchev–Trinajstić information content (AvgIpc) is 3.16. The molecule has 0 atom stereocenters. The Kier molecular flexibility index (Phi) is 7.15. The van der Waals surface area contributed by atoms with Crippen LogP contribution in [0, 0.1) is 6.92 Å². The van der Waals surface area contributed by atoms with Crippen molar-refractivity contribution in [3.05, 3.63) is 45.4 Å². The van der Waals surface area contributed by atoms with Crippen LogP contribution in [0.15, 0.2) is 24.3 Å². The van der Waals surface area contributed by atoms with Crippen molar-refractivity contribution in [1.29, 1.82) is 0 Å². The van der Waals surface area contributed by atoms with Crippen molar-refractivity contribution in [2.24, 2.45) is 0 Å². The molecule has 1 amide bonds. The Balaban J connectivity index is 1.48. The molecule has 0 aliphatic carbocycles. The molecule has 0 spiro atoms. The van der Waals surface area contributed by atoms with Crippen LogP contribution >= 0.6 is 11.3 Å². The van der Waals surface area contributed by atoms with Crippen LogP contribution in [0.5, 0.6) is 0 Å². The number of benzene rings is 1. The van der Waals surface area contributed by atoms with Gasteiger partial charge in [0.1, 0.15) is 5.01 Å². The van der Waals surface area contributed by atoms with Gasteiger partial charge in [-0.3, -0.25) is 9.69 Å². The van der Waals surface area contributed by atoms with Crippen molar-refractivity contribution in [2.45, 2.75) is 58.8 Å². The lowest BCUT2D eigenvalue weighted by atomic mass is 10.0. The predicted molar refractivity (Wildman–Crippen MR) is 113 cm³/mol. The predicted octanol–water partition coefficient (Wildman–Crippen LogP) is 3.08. The van der Waals surface area contributed by atoms with E-state index in [0.717, 1.165) is 30.2 Å². The van der Waals surface area contributed by atoms with Gasteiger partial charge >= 0.3 is 0 Å². The molecule has 152 valence electrons. The number of piperidine rings is 1. The van der Waals surface area contributed by atoms with Crippen LogP contribution in [0.25, 0.3) is 0 Å². The number of nitrogens with one attached hydrogen (secondary N) is 1. The number of amides is 1. The molecule has 7 heteroatoms. The summed E-state index contributed by atoms with van der Waals surface area (Å²) in [7, 11) is 2.15. The first kappa shape index (κ1) is 20.9. The number of rotatable bonds is 7. The van der Waals surface area contributed by atoms with Gasteiger partial charge in [0.25, 0.3) is 5.91 Å². The van der Waals surface area contributed by atoms with Crippen molar-refractivity contribution in [3.8, 4) is 0 Å². The molecule has 0 radical (unpaired) electrons. The van der Waals surface area contributed by atoms with Crippen LogP contribution in [-0.4, -0.2) is 58.1 Å². The third-order valence-electron chi connectivity index (χ3n) is 5.47. The summed E-state index contributed by atoms with van der Waals surface area (Å²) in [5.74, 6) is -0.155. The van der Waals surface area contributed by atoms with Gasteiger partial charge in [0.05, 0.1) is 6.54 Å². The van der Waals surface area contributed by atoms with Gasteiger partial charge in [0.2, 0.25) is 5.01 Å². The molecule has 1 saturated heterocycles. The summed E-state index contributed by atoms with van der Waals surface area (Å²) in [6.45, 7) is 10.1. The van der Waals surface area contributed by atoms with E-state index in [-0.39, 0.29) is 5.91 Å². The van der Waals surface area contributed by atoms with Crippen molar-refractivity contribution in [1.82, 2.24) is 25.3 Å². The van der Waals surface area contributed by atoms with E-state index in [1.165, 1.54) is 29.7 Å². The van der Waals surface area contributed by atoms with E-state index in [1.54, 1.807) is 0 Å². The fourth-order valence-corrected chi connectivity index (χ4v) is 4.38. The van der Waals surface area contributed by atoms with Crippen LogP contribution in [0.2, 0.25) is 0 Å². The fraction of sp³-hybridized carbons (Fsp3) is 0.571. The second kappa shape index (κ2) is 9.58. The van der Waals surface area contributed by atoms with Gasteiger partial charge in [-0.25, -0.2) is 0 Å². The van der Waals surface area contributed by atoms with Crippen LogP contribution < -0.4 is 5.32 Å². The van der Waals surface area contributed by atoms with Gasteiger partial charge in [-0.1, -0.05) is 41.2 Å². The van der Waals surface area contributed by atoms with Gasteiger partial charge in [-0.2, -0.15) is 0 Å². The number of likely N-dealkylation sites (tertiary alicyclic amines) is 1. The highest BCUT2D eigenvalue weighted by atomic mass is 32.1. The molecule has 1 fully saturated rings. The number of aryl methyl sites for hydroxylation is 1. The van der Waals surface area contributed by atoms with Gasteiger partial charge in [0.15, 0.2) is 0 Å². The summed E-state index contributed by atoms with van der Waals surface area (Å²) < 4.78 is 0. The molecule has 1 aromatic heterocycles. The Labute approximate surface area is 172 Å².